The van der Waals surface area contributed by atoms with Gasteiger partial charge >= 0.3 is 0 Å². The predicted molar refractivity (Wildman–Crippen MR) is 104 cm³/mol. The van der Waals surface area contributed by atoms with Gasteiger partial charge in [-0.2, -0.15) is 0 Å². The number of aliphatic hydroxyl groups is 1. The molecule has 0 atom stereocenters. The van der Waals surface area contributed by atoms with Crippen LogP contribution in [0.2, 0.25) is 0 Å². The molecule has 3 aromatic rings. The number of rotatable bonds is 7. The second-order valence-corrected chi connectivity index (χ2v) is 6.27. The van der Waals surface area contributed by atoms with Crippen molar-refractivity contribution in [2.24, 2.45) is 0 Å². The van der Waals surface area contributed by atoms with Gasteiger partial charge in [-0.3, -0.25) is 0 Å². The minimum Gasteiger partial charge on any atom is -0.497 e. The number of aryl methyl sites for hydroxylation is 1. The molecule has 0 aliphatic rings. The molecule has 0 fully saturated rings. The van der Waals surface area contributed by atoms with Gasteiger partial charge in [0.15, 0.2) is 0 Å². The van der Waals surface area contributed by atoms with Gasteiger partial charge in [-0.15, -0.1) is 0 Å². The zero-order valence-corrected chi connectivity index (χ0v) is 15.2. The second-order valence-electron chi connectivity index (χ2n) is 6.27. The first-order valence-electron chi connectivity index (χ1n) is 8.71. The fourth-order valence-electron chi connectivity index (χ4n) is 3.26. The van der Waals surface area contributed by atoms with Crippen LogP contribution in [0.3, 0.4) is 0 Å². The lowest BCUT2D eigenvalue weighted by molar-refractivity contribution is 0.0711. The molecule has 134 valence electrons. The summed E-state index contributed by atoms with van der Waals surface area (Å²) in [6.45, 7) is 0. The third-order valence-electron chi connectivity index (χ3n) is 4.75. The van der Waals surface area contributed by atoms with E-state index in [1.165, 1.54) is 0 Å². The summed E-state index contributed by atoms with van der Waals surface area (Å²) >= 11 is 0. The predicted octanol–water partition coefficient (Wildman–Crippen LogP) is 4.57. The Balaban J connectivity index is 1.93. The van der Waals surface area contributed by atoms with E-state index in [9.17, 15) is 5.11 Å². The van der Waals surface area contributed by atoms with Gasteiger partial charge in [0.1, 0.15) is 17.1 Å². The zero-order valence-electron chi connectivity index (χ0n) is 15.2. The minimum atomic E-state index is -1.06. The zero-order chi connectivity index (χ0) is 18.4. The summed E-state index contributed by atoms with van der Waals surface area (Å²) in [5.41, 5.74) is 1.75. The SMILES string of the molecule is COc1ccc(CCC(O)(c2ccccc2)c2ccccc2)c(OC)c1. The number of hydrogen-bond donors (Lipinski definition) is 1. The Labute approximate surface area is 154 Å². The van der Waals surface area contributed by atoms with Crippen molar-refractivity contribution in [1.82, 2.24) is 0 Å². The molecule has 0 aromatic heterocycles. The van der Waals surface area contributed by atoms with Crippen molar-refractivity contribution in [1.29, 1.82) is 0 Å². The normalized spacial score (nSPS) is 11.2. The van der Waals surface area contributed by atoms with Gasteiger partial charge in [0.25, 0.3) is 0 Å². The van der Waals surface area contributed by atoms with E-state index in [2.05, 4.69) is 0 Å². The topological polar surface area (TPSA) is 38.7 Å². The Morgan fingerprint density at radius 2 is 1.35 bits per heavy atom. The van der Waals surface area contributed by atoms with Gasteiger partial charge in [-0.05, 0) is 35.6 Å². The van der Waals surface area contributed by atoms with Crippen molar-refractivity contribution in [2.75, 3.05) is 14.2 Å². The largest absolute Gasteiger partial charge is 0.497 e. The average Bonchev–Trinajstić information content (AvgIpc) is 2.73. The van der Waals surface area contributed by atoms with Crippen LogP contribution in [0.15, 0.2) is 78.9 Å². The van der Waals surface area contributed by atoms with Crippen molar-refractivity contribution >= 4 is 0 Å². The number of benzene rings is 3. The van der Waals surface area contributed by atoms with Gasteiger partial charge in [0.05, 0.1) is 14.2 Å². The Morgan fingerprint density at radius 3 is 1.85 bits per heavy atom. The van der Waals surface area contributed by atoms with Gasteiger partial charge in [-0.1, -0.05) is 66.7 Å². The number of methoxy groups -OCH3 is 2. The molecule has 0 aliphatic heterocycles. The molecule has 0 bridgehead atoms. The number of ether oxygens (including phenoxy) is 2. The van der Waals surface area contributed by atoms with E-state index in [4.69, 9.17) is 9.47 Å². The molecule has 3 rings (SSSR count). The molecule has 0 saturated carbocycles. The van der Waals surface area contributed by atoms with E-state index in [0.717, 1.165) is 28.2 Å². The van der Waals surface area contributed by atoms with Crippen molar-refractivity contribution < 1.29 is 14.6 Å². The highest BCUT2D eigenvalue weighted by Crippen LogP contribution is 2.35. The molecule has 0 radical (unpaired) electrons. The molecule has 0 spiro atoms. The molecule has 0 unspecified atom stereocenters. The first kappa shape index (κ1) is 18.0. The lowest BCUT2D eigenvalue weighted by Crippen LogP contribution is -2.28. The van der Waals surface area contributed by atoms with Crippen molar-refractivity contribution in [2.45, 2.75) is 18.4 Å². The maximum atomic E-state index is 11.6. The van der Waals surface area contributed by atoms with Crippen LogP contribution in [0.25, 0.3) is 0 Å². The van der Waals surface area contributed by atoms with Crippen LogP contribution in [-0.4, -0.2) is 19.3 Å². The fraction of sp³-hybridized carbons (Fsp3) is 0.217. The first-order valence-corrected chi connectivity index (χ1v) is 8.71. The van der Waals surface area contributed by atoms with Gasteiger partial charge in [0, 0.05) is 6.07 Å². The molecular weight excluding hydrogens is 324 g/mol. The average molecular weight is 348 g/mol. The molecule has 0 saturated heterocycles. The summed E-state index contributed by atoms with van der Waals surface area (Å²) in [6.07, 6.45) is 1.22. The Bertz CT molecular complexity index is 789. The van der Waals surface area contributed by atoms with Crippen LogP contribution in [0, 0.1) is 0 Å². The van der Waals surface area contributed by atoms with Crippen LogP contribution in [0.5, 0.6) is 11.5 Å². The molecule has 0 aliphatic carbocycles. The van der Waals surface area contributed by atoms with Crippen LogP contribution >= 0.6 is 0 Å². The molecule has 0 heterocycles. The highest BCUT2D eigenvalue weighted by atomic mass is 16.5. The van der Waals surface area contributed by atoms with E-state index < -0.39 is 5.60 Å². The standard InChI is InChI=1S/C23H24O3/c1-25-21-14-13-18(22(17-21)26-2)15-16-23(24,19-9-5-3-6-10-19)20-11-7-4-8-12-20/h3-14,17,24H,15-16H2,1-2H3. The van der Waals surface area contributed by atoms with Crippen molar-refractivity contribution in [3.05, 3.63) is 95.6 Å². The number of hydrogen-bond acceptors (Lipinski definition) is 3. The van der Waals surface area contributed by atoms with E-state index in [-0.39, 0.29) is 0 Å². The fourth-order valence-corrected chi connectivity index (χ4v) is 3.26. The molecule has 1 N–H and O–H groups in total. The summed E-state index contributed by atoms with van der Waals surface area (Å²) in [6, 6.07) is 25.4. The third-order valence-corrected chi connectivity index (χ3v) is 4.75. The van der Waals surface area contributed by atoms with E-state index in [0.29, 0.717) is 12.8 Å². The lowest BCUT2D eigenvalue weighted by atomic mass is 9.81. The first-order chi connectivity index (χ1) is 12.7. The van der Waals surface area contributed by atoms with E-state index in [1.807, 2.05) is 78.9 Å². The molecule has 3 aromatic carbocycles. The second kappa shape index (κ2) is 8.07. The minimum absolute atomic E-state index is 0.545. The summed E-state index contributed by atoms with van der Waals surface area (Å²) in [5.74, 6) is 1.53. The highest BCUT2D eigenvalue weighted by molar-refractivity contribution is 5.42. The maximum Gasteiger partial charge on any atom is 0.125 e. The summed E-state index contributed by atoms with van der Waals surface area (Å²) < 4.78 is 10.8. The van der Waals surface area contributed by atoms with E-state index in [1.54, 1.807) is 14.2 Å². The van der Waals surface area contributed by atoms with Gasteiger partial charge in [-0.25, -0.2) is 0 Å². The Hall–Kier alpha value is -2.78. The molecule has 3 nitrogen and oxygen atoms in total. The summed E-state index contributed by atoms with van der Waals surface area (Å²) in [5, 5.41) is 11.6. The van der Waals surface area contributed by atoms with Crippen LogP contribution in [-0.2, 0) is 12.0 Å². The van der Waals surface area contributed by atoms with Crippen LogP contribution < -0.4 is 9.47 Å². The Morgan fingerprint density at radius 1 is 0.769 bits per heavy atom. The lowest BCUT2D eigenvalue weighted by Gasteiger charge is -2.30. The molecule has 26 heavy (non-hydrogen) atoms. The van der Waals surface area contributed by atoms with E-state index >= 15 is 0 Å². The summed E-state index contributed by atoms with van der Waals surface area (Å²) in [4.78, 5) is 0. The van der Waals surface area contributed by atoms with Gasteiger partial charge < -0.3 is 14.6 Å². The van der Waals surface area contributed by atoms with Crippen LogP contribution in [0.4, 0.5) is 0 Å². The summed E-state index contributed by atoms with van der Waals surface area (Å²) in [7, 11) is 3.29. The third kappa shape index (κ3) is 3.73. The molecule has 0 amide bonds. The molecular formula is C23H24O3. The van der Waals surface area contributed by atoms with Crippen LogP contribution in [0.1, 0.15) is 23.1 Å². The van der Waals surface area contributed by atoms with Crippen molar-refractivity contribution in [3.8, 4) is 11.5 Å². The molecule has 3 heteroatoms. The highest BCUT2D eigenvalue weighted by Gasteiger charge is 2.31. The maximum absolute atomic E-state index is 11.6. The van der Waals surface area contributed by atoms with Crippen molar-refractivity contribution in [3.63, 3.8) is 0 Å². The monoisotopic (exact) mass is 348 g/mol. The smallest absolute Gasteiger partial charge is 0.125 e. The quantitative estimate of drug-likeness (QED) is 0.680. The Kier molecular flexibility index (Phi) is 5.59. The van der Waals surface area contributed by atoms with Gasteiger partial charge in [0.2, 0.25) is 0 Å².